The van der Waals surface area contributed by atoms with E-state index in [-0.39, 0.29) is 0 Å². The SMILES string of the molecule is CCn1cncc1C(O)C1(C#N)CCCC(C)C1. The van der Waals surface area contributed by atoms with Crippen LogP contribution in [-0.4, -0.2) is 14.7 Å². The number of rotatable bonds is 3. The van der Waals surface area contributed by atoms with Crippen molar-refractivity contribution in [3.8, 4) is 6.07 Å². The lowest BCUT2D eigenvalue weighted by molar-refractivity contribution is 0.0167. The van der Waals surface area contributed by atoms with Crippen molar-refractivity contribution in [3.05, 3.63) is 18.2 Å². The van der Waals surface area contributed by atoms with E-state index in [0.717, 1.165) is 37.9 Å². The maximum atomic E-state index is 10.6. The Kier molecular flexibility index (Phi) is 3.72. The largest absolute Gasteiger partial charge is 0.385 e. The van der Waals surface area contributed by atoms with Gasteiger partial charge in [-0.15, -0.1) is 0 Å². The number of aliphatic hydroxyl groups is 1. The molecular weight excluding hydrogens is 226 g/mol. The van der Waals surface area contributed by atoms with Crippen LogP contribution in [0.1, 0.15) is 51.3 Å². The predicted octanol–water partition coefficient (Wildman–Crippen LogP) is 2.66. The van der Waals surface area contributed by atoms with Crippen molar-refractivity contribution in [2.24, 2.45) is 11.3 Å². The Morgan fingerprint density at radius 3 is 3.11 bits per heavy atom. The molecule has 1 aliphatic rings. The highest BCUT2D eigenvalue weighted by atomic mass is 16.3. The van der Waals surface area contributed by atoms with Crippen molar-refractivity contribution < 1.29 is 5.11 Å². The molecular formula is C14H21N3O. The van der Waals surface area contributed by atoms with Gasteiger partial charge in [0.2, 0.25) is 0 Å². The second-order valence-corrected chi connectivity index (χ2v) is 5.48. The molecule has 1 fully saturated rings. The van der Waals surface area contributed by atoms with Crippen LogP contribution in [0.2, 0.25) is 0 Å². The summed E-state index contributed by atoms with van der Waals surface area (Å²) in [5.74, 6) is 0.506. The molecule has 1 aromatic rings. The molecule has 4 nitrogen and oxygen atoms in total. The molecule has 0 amide bonds. The molecule has 1 N–H and O–H groups in total. The molecule has 0 spiro atoms. The minimum absolute atomic E-state index is 0.506. The fraction of sp³-hybridized carbons (Fsp3) is 0.714. The minimum Gasteiger partial charge on any atom is -0.385 e. The smallest absolute Gasteiger partial charge is 0.114 e. The van der Waals surface area contributed by atoms with Crippen LogP contribution < -0.4 is 0 Å². The minimum atomic E-state index is -0.729. The van der Waals surface area contributed by atoms with E-state index in [9.17, 15) is 10.4 Å². The molecule has 1 saturated carbocycles. The molecule has 1 aromatic heterocycles. The van der Waals surface area contributed by atoms with Crippen molar-refractivity contribution in [1.82, 2.24) is 9.55 Å². The maximum absolute atomic E-state index is 10.6. The second-order valence-electron chi connectivity index (χ2n) is 5.48. The van der Waals surface area contributed by atoms with Crippen molar-refractivity contribution in [2.45, 2.75) is 52.2 Å². The highest BCUT2D eigenvalue weighted by molar-refractivity contribution is 5.16. The van der Waals surface area contributed by atoms with Gasteiger partial charge < -0.3 is 9.67 Å². The van der Waals surface area contributed by atoms with Crippen LogP contribution >= 0.6 is 0 Å². The molecule has 1 heterocycles. The average Bonchev–Trinajstić information content (AvgIpc) is 2.85. The Labute approximate surface area is 108 Å². The van der Waals surface area contributed by atoms with E-state index in [0.29, 0.717) is 5.92 Å². The average molecular weight is 247 g/mol. The van der Waals surface area contributed by atoms with Gasteiger partial charge in [0.05, 0.1) is 29.7 Å². The first-order chi connectivity index (χ1) is 8.63. The van der Waals surface area contributed by atoms with Crippen molar-refractivity contribution >= 4 is 0 Å². The number of imidazole rings is 1. The molecule has 3 atom stereocenters. The highest BCUT2D eigenvalue weighted by Gasteiger charge is 2.43. The van der Waals surface area contributed by atoms with Gasteiger partial charge in [0, 0.05) is 6.54 Å². The topological polar surface area (TPSA) is 61.8 Å². The van der Waals surface area contributed by atoms with E-state index in [1.54, 1.807) is 12.5 Å². The summed E-state index contributed by atoms with van der Waals surface area (Å²) < 4.78 is 1.92. The fourth-order valence-corrected chi connectivity index (χ4v) is 3.11. The molecule has 18 heavy (non-hydrogen) atoms. The quantitative estimate of drug-likeness (QED) is 0.893. The summed E-state index contributed by atoms with van der Waals surface area (Å²) in [6.45, 7) is 4.94. The van der Waals surface area contributed by atoms with E-state index >= 15 is 0 Å². The van der Waals surface area contributed by atoms with Crippen LogP contribution in [-0.2, 0) is 6.54 Å². The Morgan fingerprint density at radius 2 is 2.50 bits per heavy atom. The summed E-state index contributed by atoms with van der Waals surface area (Å²) in [5.41, 5.74) is 0.137. The normalized spacial score (nSPS) is 29.8. The zero-order valence-electron chi connectivity index (χ0n) is 11.1. The van der Waals surface area contributed by atoms with Gasteiger partial charge in [-0.25, -0.2) is 4.98 Å². The number of aliphatic hydroxyl groups excluding tert-OH is 1. The summed E-state index contributed by atoms with van der Waals surface area (Å²) in [6, 6.07) is 2.40. The van der Waals surface area contributed by atoms with E-state index in [2.05, 4.69) is 18.0 Å². The first kappa shape index (κ1) is 13.1. The van der Waals surface area contributed by atoms with Crippen LogP contribution in [0.25, 0.3) is 0 Å². The van der Waals surface area contributed by atoms with Crippen LogP contribution in [0.3, 0.4) is 0 Å². The maximum Gasteiger partial charge on any atom is 0.114 e. The van der Waals surface area contributed by atoms with Gasteiger partial charge in [-0.2, -0.15) is 5.26 Å². The van der Waals surface area contributed by atoms with E-state index < -0.39 is 11.5 Å². The number of hydrogen-bond acceptors (Lipinski definition) is 3. The number of nitriles is 1. The van der Waals surface area contributed by atoms with Crippen LogP contribution in [0.5, 0.6) is 0 Å². The number of nitrogens with zero attached hydrogens (tertiary/aromatic N) is 3. The lowest BCUT2D eigenvalue weighted by Crippen LogP contribution is -2.33. The van der Waals surface area contributed by atoms with Gasteiger partial charge in [-0.05, 0) is 25.7 Å². The molecule has 0 radical (unpaired) electrons. The van der Waals surface area contributed by atoms with Crippen LogP contribution in [0.4, 0.5) is 0 Å². The second kappa shape index (κ2) is 5.11. The van der Waals surface area contributed by atoms with E-state index in [1.165, 1.54) is 0 Å². The summed E-state index contributed by atoms with van der Waals surface area (Å²) in [7, 11) is 0. The lowest BCUT2D eigenvalue weighted by Gasteiger charge is -2.38. The van der Waals surface area contributed by atoms with Gasteiger partial charge in [-0.1, -0.05) is 19.8 Å². The molecule has 3 unspecified atom stereocenters. The van der Waals surface area contributed by atoms with Crippen LogP contribution in [0.15, 0.2) is 12.5 Å². The van der Waals surface area contributed by atoms with E-state index in [1.807, 2.05) is 11.5 Å². The number of aromatic nitrogens is 2. The Bertz CT molecular complexity index is 448. The molecule has 0 bridgehead atoms. The Balaban J connectivity index is 2.30. The number of aryl methyl sites for hydroxylation is 1. The predicted molar refractivity (Wildman–Crippen MR) is 68.5 cm³/mol. The monoisotopic (exact) mass is 247 g/mol. The lowest BCUT2D eigenvalue weighted by atomic mass is 9.67. The summed E-state index contributed by atoms with van der Waals surface area (Å²) in [6.07, 6.45) is 6.41. The Hall–Kier alpha value is -1.34. The third kappa shape index (κ3) is 2.15. The molecule has 0 aromatic carbocycles. The van der Waals surface area contributed by atoms with Gasteiger partial charge >= 0.3 is 0 Å². The molecule has 2 rings (SSSR count). The standard InChI is InChI=1S/C14H21N3O/c1-3-17-10-16-8-12(17)13(18)14(9-15)6-4-5-11(2)7-14/h8,10-11,13,18H,3-7H2,1-2H3. The van der Waals surface area contributed by atoms with Crippen molar-refractivity contribution in [3.63, 3.8) is 0 Å². The fourth-order valence-electron chi connectivity index (χ4n) is 3.11. The molecule has 0 saturated heterocycles. The molecule has 1 aliphatic carbocycles. The highest BCUT2D eigenvalue weighted by Crippen LogP contribution is 2.47. The zero-order chi connectivity index (χ0) is 13.2. The molecule has 4 heteroatoms. The van der Waals surface area contributed by atoms with Gasteiger partial charge in [-0.3, -0.25) is 0 Å². The summed E-state index contributed by atoms with van der Waals surface area (Å²) in [5, 5.41) is 20.2. The zero-order valence-corrected chi connectivity index (χ0v) is 11.1. The number of hydrogen-bond donors (Lipinski definition) is 1. The summed E-state index contributed by atoms with van der Waals surface area (Å²) >= 11 is 0. The van der Waals surface area contributed by atoms with Crippen molar-refractivity contribution in [1.29, 1.82) is 5.26 Å². The third-order valence-corrected chi connectivity index (χ3v) is 4.14. The van der Waals surface area contributed by atoms with Crippen molar-refractivity contribution in [2.75, 3.05) is 0 Å². The van der Waals surface area contributed by atoms with E-state index in [4.69, 9.17) is 0 Å². The first-order valence-corrected chi connectivity index (χ1v) is 6.72. The third-order valence-electron chi connectivity index (χ3n) is 4.14. The van der Waals surface area contributed by atoms with Crippen LogP contribution in [0, 0.1) is 22.7 Å². The molecule has 0 aliphatic heterocycles. The van der Waals surface area contributed by atoms with Gasteiger partial charge in [0.15, 0.2) is 0 Å². The summed E-state index contributed by atoms with van der Waals surface area (Å²) in [4.78, 5) is 4.09. The Morgan fingerprint density at radius 1 is 1.72 bits per heavy atom. The first-order valence-electron chi connectivity index (χ1n) is 6.72. The van der Waals surface area contributed by atoms with Gasteiger partial charge in [0.25, 0.3) is 0 Å². The molecule has 98 valence electrons. The van der Waals surface area contributed by atoms with Gasteiger partial charge in [0.1, 0.15) is 6.10 Å².